The Morgan fingerprint density at radius 3 is 2.53 bits per heavy atom. The molecule has 3 aliphatic rings. The number of hydrogen-bond acceptors (Lipinski definition) is 6. The third-order valence-electron chi connectivity index (χ3n) is 6.50. The highest BCUT2D eigenvalue weighted by atomic mass is 32.2. The van der Waals surface area contributed by atoms with Gasteiger partial charge in [-0.2, -0.15) is 4.31 Å². The Bertz CT molecular complexity index is 956. The number of aryl methyl sites for hydroxylation is 2. The summed E-state index contributed by atoms with van der Waals surface area (Å²) >= 11 is 0. The van der Waals surface area contributed by atoms with Gasteiger partial charge in [0.05, 0.1) is 29.6 Å². The highest BCUT2D eigenvalue weighted by molar-refractivity contribution is 7.92. The van der Waals surface area contributed by atoms with Gasteiger partial charge in [0.25, 0.3) is 0 Å². The Hall–Kier alpha value is -1.00. The average Bonchev–Trinajstić information content (AvgIpc) is 3.10. The maximum Gasteiger partial charge on any atom is 0.243 e. The fourth-order valence-electron chi connectivity index (χ4n) is 4.78. The molecule has 4 rings (SSSR count). The summed E-state index contributed by atoms with van der Waals surface area (Å²) < 4.78 is 58.2. The number of nitrogens with zero attached hydrogens (tertiary/aromatic N) is 2. The van der Waals surface area contributed by atoms with Crippen LogP contribution in [0.2, 0.25) is 0 Å². The molecule has 1 atom stereocenters. The largest absolute Gasteiger partial charge is 0.379 e. The predicted octanol–water partition coefficient (Wildman–Crippen LogP) is 1.47. The molecule has 0 aromatic heterocycles. The Morgan fingerprint density at radius 2 is 1.83 bits per heavy atom. The summed E-state index contributed by atoms with van der Waals surface area (Å²) in [5, 5.41) is 0. The highest BCUT2D eigenvalue weighted by Gasteiger charge is 2.38. The Morgan fingerprint density at radius 1 is 1.10 bits per heavy atom. The lowest BCUT2D eigenvalue weighted by Crippen LogP contribution is -2.43. The van der Waals surface area contributed by atoms with Gasteiger partial charge in [0.2, 0.25) is 10.0 Å². The molecule has 1 aliphatic carbocycles. The first kappa shape index (κ1) is 22.2. The second-order valence-corrected chi connectivity index (χ2v) is 12.7. The Kier molecular flexibility index (Phi) is 6.84. The van der Waals surface area contributed by atoms with E-state index in [1.54, 1.807) is 6.07 Å². The number of sulfonamides is 1. The van der Waals surface area contributed by atoms with Crippen LogP contribution < -0.4 is 0 Å². The maximum absolute atomic E-state index is 13.6. The molecule has 2 heterocycles. The van der Waals surface area contributed by atoms with Crippen LogP contribution in [0.25, 0.3) is 0 Å². The topological polar surface area (TPSA) is 84.0 Å². The van der Waals surface area contributed by atoms with E-state index in [9.17, 15) is 16.8 Å². The van der Waals surface area contributed by atoms with Gasteiger partial charge in [0, 0.05) is 25.7 Å². The van der Waals surface area contributed by atoms with Crippen LogP contribution in [0.3, 0.4) is 0 Å². The molecule has 0 radical (unpaired) electrons. The summed E-state index contributed by atoms with van der Waals surface area (Å²) in [6.45, 7) is 4.26. The van der Waals surface area contributed by atoms with Crippen molar-refractivity contribution in [2.45, 2.75) is 49.5 Å². The standard InChI is InChI=1S/C21H32N2O5S2/c24-29(25)15-8-20(17-29)23(10-3-9-22-11-13-28-14-12-22)30(26,27)21-7-6-18-4-1-2-5-19(18)16-21/h6-7,16,20H,1-5,8-15,17H2. The van der Waals surface area contributed by atoms with Gasteiger partial charge in [0.1, 0.15) is 0 Å². The fourth-order valence-corrected chi connectivity index (χ4v) is 8.35. The van der Waals surface area contributed by atoms with Gasteiger partial charge in [-0.1, -0.05) is 6.07 Å². The fraction of sp³-hybridized carbons (Fsp3) is 0.714. The molecule has 0 amide bonds. The second kappa shape index (κ2) is 9.24. The van der Waals surface area contributed by atoms with Gasteiger partial charge in [-0.05, 0) is 68.3 Å². The van der Waals surface area contributed by atoms with Crippen LogP contribution in [-0.4, -0.2) is 83.0 Å². The van der Waals surface area contributed by atoms with Crippen LogP contribution in [0.1, 0.15) is 36.8 Å². The number of ether oxygens (including phenoxy) is 1. The van der Waals surface area contributed by atoms with Crippen LogP contribution in [0.5, 0.6) is 0 Å². The van der Waals surface area contributed by atoms with Crippen LogP contribution in [0.4, 0.5) is 0 Å². The van der Waals surface area contributed by atoms with Gasteiger partial charge < -0.3 is 4.74 Å². The van der Waals surface area contributed by atoms with Crippen molar-refractivity contribution in [1.29, 1.82) is 0 Å². The molecule has 0 N–H and O–H groups in total. The summed E-state index contributed by atoms with van der Waals surface area (Å²) in [4.78, 5) is 2.58. The van der Waals surface area contributed by atoms with E-state index in [4.69, 9.17) is 4.74 Å². The molecular weight excluding hydrogens is 424 g/mol. The summed E-state index contributed by atoms with van der Waals surface area (Å²) in [7, 11) is -6.92. The van der Waals surface area contributed by atoms with E-state index in [0.29, 0.717) is 37.5 Å². The number of morpholine rings is 1. The van der Waals surface area contributed by atoms with Crippen molar-refractivity contribution < 1.29 is 21.6 Å². The zero-order valence-corrected chi connectivity index (χ0v) is 19.1. The Labute approximate surface area is 180 Å². The SMILES string of the molecule is O=S1(=O)CCC(N(CCCN2CCOCC2)S(=O)(=O)c2ccc3c(c2)CCCC3)C1. The van der Waals surface area contributed by atoms with E-state index >= 15 is 0 Å². The van der Waals surface area contributed by atoms with Gasteiger partial charge in [0.15, 0.2) is 9.84 Å². The normalized spacial score (nSPS) is 24.8. The van der Waals surface area contributed by atoms with E-state index in [0.717, 1.165) is 50.9 Å². The first-order chi connectivity index (χ1) is 14.4. The number of hydrogen-bond donors (Lipinski definition) is 0. The van der Waals surface area contributed by atoms with Crippen LogP contribution in [0, 0.1) is 0 Å². The molecule has 0 bridgehead atoms. The van der Waals surface area contributed by atoms with Crippen LogP contribution >= 0.6 is 0 Å². The summed E-state index contributed by atoms with van der Waals surface area (Å²) in [5.74, 6) is -0.00787. The van der Waals surface area contributed by atoms with Gasteiger partial charge in [-0.3, -0.25) is 4.90 Å². The molecule has 0 spiro atoms. The third-order valence-corrected chi connectivity index (χ3v) is 10.2. The molecule has 2 saturated heterocycles. The minimum atomic E-state index is -3.75. The quantitative estimate of drug-likeness (QED) is 0.618. The first-order valence-corrected chi connectivity index (χ1v) is 14.3. The minimum Gasteiger partial charge on any atom is -0.379 e. The summed E-state index contributed by atoms with van der Waals surface area (Å²) in [6.07, 6.45) is 5.20. The van der Waals surface area contributed by atoms with Crippen molar-refractivity contribution in [2.75, 3.05) is 50.9 Å². The van der Waals surface area contributed by atoms with Crippen molar-refractivity contribution in [3.63, 3.8) is 0 Å². The highest BCUT2D eigenvalue weighted by Crippen LogP contribution is 2.29. The molecule has 0 saturated carbocycles. The lowest BCUT2D eigenvalue weighted by atomic mass is 9.92. The van der Waals surface area contributed by atoms with E-state index in [-0.39, 0.29) is 11.5 Å². The van der Waals surface area contributed by atoms with Crippen LogP contribution in [-0.2, 0) is 37.4 Å². The zero-order valence-electron chi connectivity index (χ0n) is 17.5. The van der Waals surface area contributed by atoms with E-state index in [1.165, 1.54) is 9.87 Å². The number of rotatable bonds is 7. The van der Waals surface area contributed by atoms with Gasteiger partial charge in [-0.15, -0.1) is 0 Å². The molecule has 2 aliphatic heterocycles. The van der Waals surface area contributed by atoms with Crippen molar-refractivity contribution in [2.24, 2.45) is 0 Å². The molecule has 2 fully saturated rings. The summed E-state index contributed by atoms with van der Waals surface area (Å²) in [5.41, 5.74) is 2.36. The van der Waals surface area contributed by atoms with Crippen LogP contribution in [0.15, 0.2) is 23.1 Å². The smallest absolute Gasteiger partial charge is 0.243 e. The molecule has 30 heavy (non-hydrogen) atoms. The number of fused-ring (bicyclic) bond motifs is 1. The zero-order chi connectivity index (χ0) is 21.2. The molecular formula is C21H32N2O5S2. The second-order valence-electron chi connectivity index (χ2n) is 8.62. The van der Waals surface area contributed by atoms with Gasteiger partial charge in [-0.25, -0.2) is 16.8 Å². The molecule has 9 heteroatoms. The predicted molar refractivity (Wildman–Crippen MR) is 116 cm³/mol. The minimum absolute atomic E-state index is 0.0668. The number of sulfone groups is 1. The first-order valence-electron chi connectivity index (χ1n) is 11.0. The van der Waals surface area contributed by atoms with E-state index in [2.05, 4.69) is 4.90 Å². The molecule has 168 valence electrons. The molecule has 1 unspecified atom stereocenters. The molecule has 1 aromatic carbocycles. The molecule has 1 aromatic rings. The number of benzene rings is 1. The van der Waals surface area contributed by atoms with Gasteiger partial charge >= 0.3 is 0 Å². The van der Waals surface area contributed by atoms with Crippen molar-refractivity contribution in [3.8, 4) is 0 Å². The Balaban J connectivity index is 1.54. The monoisotopic (exact) mass is 456 g/mol. The third kappa shape index (κ3) is 5.07. The lowest BCUT2D eigenvalue weighted by Gasteiger charge is -2.30. The maximum atomic E-state index is 13.6. The van der Waals surface area contributed by atoms with E-state index in [1.807, 2.05) is 12.1 Å². The lowest BCUT2D eigenvalue weighted by molar-refractivity contribution is 0.0367. The molecule has 7 nitrogen and oxygen atoms in total. The summed E-state index contributed by atoms with van der Waals surface area (Å²) in [6, 6.07) is 5.00. The van der Waals surface area contributed by atoms with Crippen molar-refractivity contribution >= 4 is 19.9 Å². The van der Waals surface area contributed by atoms with Crippen molar-refractivity contribution in [3.05, 3.63) is 29.3 Å². The van der Waals surface area contributed by atoms with Crippen molar-refractivity contribution in [1.82, 2.24) is 9.21 Å². The average molecular weight is 457 g/mol. The van der Waals surface area contributed by atoms with E-state index < -0.39 is 25.9 Å².